The lowest BCUT2D eigenvalue weighted by Crippen LogP contribution is -2.36. The van der Waals surface area contributed by atoms with E-state index in [9.17, 15) is 4.79 Å². The largest absolute Gasteiger partial charge is 0.494 e. The van der Waals surface area contributed by atoms with E-state index in [1.807, 2.05) is 36.1 Å². The van der Waals surface area contributed by atoms with Crippen molar-refractivity contribution in [3.05, 3.63) is 29.8 Å². The Hall–Kier alpha value is -1.55. The normalized spacial score (nSPS) is 21.0. The van der Waals surface area contributed by atoms with Crippen LogP contribution in [0.2, 0.25) is 0 Å². The zero-order valence-corrected chi connectivity index (χ0v) is 13.0. The third-order valence-electron chi connectivity index (χ3n) is 4.13. The molecule has 0 bridgehead atoms. The third kappa shape index (κ3) is 4.46. The molecule has 1 fully saturated rings. The Bertz CT molecular complexity index is 458. The molecule has 2 N–H and O–H groups in total. The predicted molar refractivity (Wildman–Crippen MR) is 84.1 cm³/mol. The van der Waals surface area contributed by atoms with Gasteiger partial charge in [0.05, 0.1) is 6.61 Å². The number of hydrogen-bond donors (Lipinski definition) is 1. The second-order valence-corrected chi connectivity index (χ2v) is 5.88. The van der Waals surface area contributed by atoms with Crippen LogP contribution >= 0.6 is 0 Å². The van der Waals surface area contributed by atoms with Gasteiger partial charge < -0.3 is 15.4 Å². The molecule has 1 aromatic carbocycles. The molecule has 4 heteroatoms. The van der Waals surface area contributed by atoms with Crippen molar-refractivity contribution in [1.29, 1.82) is 0 Å². The van der Waals surface area contributed by atoms with Crippen LogP contribution in [-0.2, 0) is 4.79 Å². The number of carbonyl (C=O) groups is 1. The molecular formula is C17H26N2O2. The van der Waals surface area contributed by atoms with Gasteiger partial charge in [-0.1, -0.05) is 19.1 Å². The lowest BCUT2D eigenvalue weighted by molar-refractivity contribution is -0.130. The molecule has 21 heavy (non-hydrogen) atoms. The average molecular weight is 290 g/mol. The van der Waals surface area contributed by atoms with Gasteiger partial charge in [0, 0.05) is 25.6 Å². The Balaban J connectivity index is 1.96. The highest BCUT2D eigenvalue weighted by molar-refractivity contribution is 5.76. The number of amides is 1. The standard InChI is InChI=1S/C17H26N2O2/c1-3-21-15-7-5-14(6-8-15)16(18)12-19-11-10-13(2)4-9-17(19)20/h5-8,13,16H,3-4,9-12,18H2,1-2H3. The van der Waals surface area contributed by atoms with E-state index in [4.69, 9.17) is 10.5 Å². The number of rotatable bonds is 5. The summed E-state index contributed by atoms with van der Waals surface area (Å²) in [7, 11) is 0. The molecule has 0 spiro atoms. The lowest BCUT2D eigenvalue weighted by atomic mass is 10.0. The van der Waals surface area contributed by atoms with Gasteiger partial charge in [-0.2, -0.15) is 0 Å². The number of benzene rings is 1. The molecule has 1 amide bonds. The Morgan fingerprint density at radius 2 is 2.05 bits per heavy atom. The molecule has 2 atom stereocenters. The maximum atomic E-state index is 12.1. The zero-order chi connectivity index (χ0) is 15.2. The molecule has 1 aliphatic rings. The van der Waals surface area contributed by atoms with Crippen molar-refractivity contribution in [3.8, 4) is 5.75 Å². The molecule has 1 aromatic rings. The topological polar surface area (TPSA) is 55.6 Å². The fourth-order valence-electron chi connectivity index (χ4n) is 2.69. The monoisotopic (exact) mass is 290 g/mol. The minimum atomic E-state index is -0.141. The first-order chi connectivity index (χ1) is 10.1. The summed E-state index contributed by atoms with van der Waals surface area (Å²) in [6.45, 7) is 6.25. The maximum absolute atomic E-state index is 12.1. The van der Waals surface area contributed by atoms with Crippen molar-refractivity contribution in [3.63, 3.8) is 0 Å². The second kappa shape index (κ2) is 7.46. The first kappa shape index (κ1) is 15.8. The van der Waals surface area contributed by atoms with Crippen LogP contribution in [0.5, 0.6) is 5.75 Å². The molecule has 0 saturated carbocycles. The van der Waals surface area contributed by atoms with E-state index in [-0.39, 0.29) is 11.9 Å². The van der Waals surface area contributed by atoms with Gasteiger partial charge in [0.1, 0.15) is 5.75 Å². The van der Waals surface area contributed by atoms with Gasteiger partial charge >= 0.3 is 0 Å². The molecule has 2 unspecified atom stereocenters. The van der Waals surface area contributed by atoms with Gasteiger partial charge in [0.25, 0.3) is 0 Å². The van der Waals surface area contributed by atoms with E-state index in [0.717, 1.165) is 30.7 Å². The Morgan fingerprint density at radius 1 is 1.33 bits per heavy atom. The van der Waals surface area contributed by atoms with Crippen molar-refractivity contribution in [1.82, 2.24) is 4.90 Å². The summed E-state index contributed by atoms with van der Waals surface area (Å²) >= 11 is 0. The number of ether oxygens (including phenoxy) is 1. The smallest absolute Gasteiger partial charge is 0.222 e. The van der Waals surface area contributed by atoms with Crippen LogP contribution in [0.3, 0.4) is 0 Å². The SMILES string of the molecule is CCOc1ccc(C(N)CN2CCC(C)CCC2=O)cc1. The maximum Gasteiger partial charge on any atom is 0.222 e. The minimum absolute atomic E-state index is 0.141. The summed E-state index contributed by atoms with van der Waals surface area (Å²) in [5, 5.41) is 0. The summed E-state index contributed by atoms with van der Waals surface area (Å²) in [4.78, 5) is 14.0. The van der Waals surface area contributed by atoms with Crippen LogP contribution in [0.4, 0.5) is 0 Å². The molecule has 0 radical (unpaired) electrons. The number of nitrogens with two attached hydrogens (primary N) is 1. The second-order valence-electron chi connectivity index (χ2n) is 5.88. The van der Waals surface area contributed by atoms with Crippen molar-refractivity contribution in [2.24, 2.45) is 11.7 Å². The van der Waals surface area contributed by atoms with Crippen molar-refractivity contribution >= 4 is 5.91 Å². The Kier molecular flexibility index (Phi) is 5.62. The van der Waals surface area contributed by atoms with Gasteiger partial charge in [0.15, 0.2) is 0 Å². The van der Waals surface area contributed by atoms with Crippen molar-refractivity contribution in [2.75, 3.05) is 19.7 Å². The fraction of sp³-hybridized carbons (Fsp3) is 0.588. The molecule has 116 valence electrons. The van der Waals surface area contributed by atoms with Crippen molar-refractivity contribution < 1.29 is 9.53 Å². The van der Waals surface area contributed by atoms with E-state index in [2.05, 4.69) is 6.92 Å². The first-order valence-electron chi connectivity index (χ1n) is 7.86. The molecular weight excluding hydrogens is 264 g/mol. The Labute approximate surface area is 127 Å². The van der Waals surface area contributed by atoms with Crippen molar-refractivity contribution in [2.45, 2.75) is 39.2 Å². The minimum Gasteiger partial charge on any atom is -0.494 e. The van der Waals surface area contributed by atoms with Crippen LogP contribution < -0.4 is 10.5 Å². The molecule has 1 heterocycles. The number of likely N-dealkylation sites (tertiary alicyclic amines) is 1. The van der Waals surface area contributed by atoms with Gasteiger partial charge in [-0.3, -0.25) is 4.79 Å². The summed E-state index contributed by atoms with van der Waals surface area (Å²) in [5.41, 5.74) is 7.31. The van der Waals surface area contributed by atoms with Crippen LogP contribution in [-0.4, -0.2) is 30.5 Å². The zero-order valence-electron chi connectivity index (χ0n) is 13.0. The summed E-state index contributed by atoms with van der Waals surface area (Å²) in [5.74, 6) is 1.72. The van der Waals surface area contributed by atoms with E-state index >= 15 is 0 Å². The van der Waals surface area contributed by atoms with Crippen LogP contribution in [0.1, 0.15) is 44.7 Å². The fourth-order valence-corrected chi connectivity index (χ4v) is 2.69. The highest BCUT2D eigenvalue weighted by Crippen LogP contribution is 2.21. The van der Waals surface area contributed by atoms with Gasteiger partial charge in [-0.15, -0.1) is 0 Å². The number of carbonyl (C=O) groups excluding carboxylic acids is 1. The molecule has 4 nitrogen and oxygen atoms in total. The van der Waals surface area contributed by atoms with Crippen LogP contribution in [0.15, 0.2) is 24.3 Å². The summed E-state index contributed by atoms with van der Waals surface area (Å²) in [6, 6.07) is 7.70. The van der Waals surface area contributed by atoms with Crippen LogP contribution in [0, 0.1) is 5.92 Å². The summed E-state index contributed by atoms with van der Waals surface area (Å²) in [6.07, 6.45) is 2.71. The van der Waals surface area contributed by atoms with Gasteiger partial charge in [0.2, 0.25) is 5.91 Å². The molecule has 0 aliphatic carbocycles. The Morgan fingerprint density at radius 3 is 2.71 bits per heavy atom. The van der Waals surface area contributed by atoms with E-state index in [1.165, 1.54) is 0 Å². The first-order valence-corrected chi connectivity index (χ1v) is 7.86. The molecule has 2 rings (SSSR count). The van der Waals surface area contributed by atoms with Crippen LogP contribution in [0.25, 0.3) is 0 Å². The third-order valence-corrected chi connectivity index (χ3v) is 4.13. The average Bonchev–Trinajstić information content (AvgIpc) is 2.64. The molecule has 0 aromatic heterocycles. The highest BCUT2D eigenvalue weighted by atomic mass is 16.5. The number of hydrogen-bond acceptors (Lipinski definition) is 3. The van der Waals surface area contributed by atoms with Gasteiger partial charge in [-0.05, 0) is 43.4 Å². The van der Waals surface area contributed by atoms with Gasteiger partial charge in [-0.25, -0.2) is 0 Å². The lowest BCUT2D eigenvalue weighted by Gasteiger charge is -2.24. The van der Waals surface area contributed by atoms with E-state index < -0.39 is 0 Å². The van der Waals surface area contributed by atoms with E-state index in [0.29, 0.717) is 25.5 Å². The molecule has 1 saturated heterocycles. The summed E-state index contributed by atoms with van der Waals surface area (Å²) < 4.78 is 5.43. The predicted octanol–water partition coefficient (Wildman–Crippen LogP) is 2.73. The quantitative estimate of drug-likeness (QED) is 0.907. The van der Waals surface area contributed by atoms with E-state index in [1.54, 1.807) is 0 Å². The highest BCUT2D eigenvalue weighted by Gasteiger charge is 2.22. The molecule has 1 aliphatic heterocycles. The number of nitrogens with zero attached hydrogens (tertiary/aromatic N) is 1.